The normalized spacial score (nSPS) is 20.1. The molecule has 49 heavy (non-hydrogen) atoms. The van der Waals surface area contributed by atoms with E-state index in [9.17, 15) is 18.3 Å². The van der Waals surface area contributed by atoms with Crippen LogP contribution in [-0.2, 0) is 21.3 Å². The third kappa shape index (κ3) is 10.6. The van der Waals surface area contributed by atoms with E-state index in [4.69, 9.17) is 18.9 Å². The number of carbonyl (C=O) groups is 1. The van der Waals surface area contributed by atoms with Crippen LogP contribution in [0.5, 0.6) is 17.2 Å². The molecule has 4 rings (SSSR count). The molecule has 0 fully saturated rings. The summed E-state index contributed by atoms with van der Waals surface area (Å²) in [6, 6.07) is 18.2. The predicted octanol–water partition coefficient (Wildman–Crippen LogP) is 5.43. The molecule has 0 aliphatic carbocycles. The summed E-state index contributed by atoms with van der Waals surface area (Å²) >= 11 is 0. The Hall–Kier alpha value is -3.84. The first-order chi connectivity index (χ1) is 23.4. The van der Waals surface area contributed by atoms with E-state index in [1.165, 1.54) is 25.3 Å². The smallest absolute Gasteiger partial charge is 0.261 e. The number of rotatable bonds is 11. The second kappa shape index (κ2) is 17.7. The lowest BCUT2D eigenvalue weighted by atomic mass is 10.0. The fraction of sp³-hybridized carbons (Fsp3) is 0.486. The average Bonchev–Trinajstić information content (AvgIpc) is 3.09. The minimum absolute atomic E-state index is 0.0527. The van der Waals surface area contributed by atoms with E-state index in [1.54, 1.807) is 43.2 Å². The zero-order valence-corrected chi connectivity index (χ0v) is 30.2. The van der Waals surface area contributed by atoms with Gasteiger partial charge in [0.15, 0.2) is 0 Å². The van der Waals surface area contributed by atoms with Gasteiger partial charge in [0, 0.05) is 37.8 Å². The van der Waals surface area contributed by atoms with Crippen LogP contribution in [0.1, 0.15) is 56.0 Å². The summed E-state index contributed by atoms with van der Waals surface area (Å²) in [6.45, 7) is 7.78. The highest BCUT2D eigenvalue weighted by Crippen LogP contribution is 2.30. The first-order valence-corrected chi connectivity index (χ1v) is 18.2. The molecule has 0 unspecified atom stereocenters. The summed E-state index contributed by atoms with van der Waals surface area (Å²) in [4.78, 5) is 18.3. The molecule has 1 heterocycles. The Balaban J connectivity index is 1.62. The van der Waals surface area contributed by atoms with Gasteiger partial charge in [0.25, 0.3) is 15.9 Å². The SMILES string of the molecule is COc1ccc(CN(C)C[C@H]2OCCCC[C@H](C)Oc3ccc(NS(=O)(=O)c4ccc(OC)cc4)cc3C(=O)N([C@H](C)CO)C[C@H]2C)cc1. The molecular weight excluding hydrogens is 646 g/mol. The number of hydrogen-bond donors (Lipinski definition) is 2. The lowest BCUT2D eigenvalue weighted by Crippen LogP contribution is -2.47. The number of anilines is 1. The van der Waals surface area contributed by atoms with Gasteiger partial charge in [-0.3, -0.25) is 14.4 Å². The minimum Gasteiger partial charge on any atom is -0.497 e. The summed E-state index contributed by atoms with van der Waals surface area (Å²) in [5, 5.41) is 10.3. The van der Waals surface area contributed by atoms with Gasteiger partial charge in [0.1, 0.15) is 17.2 Å². The van der Waals surface area contributed by atoms with Gasteiger partial charge in [-0.1, -0.05) is 19.1 Å². The van der Waals surface area contributed by atoms with E-state index in [0.717, 1.165) is 30.6 Å². The quantitative estimate of drug-likeness (QED) is 0.270. The molecule has 3 aromatic carbocycles. The maximum absolute atomic E-state index is 14.4. The van der Waals surface area contributed by atoms with Gasteiger partial charge in [-0.05, 0) is 100 Å². The van der Waals surface area contributed by atoms with Crippen LogP contribution < -0.4 is 18.9 Å². The molecule has 12 heteroatoms. The molecule has 1 amide bonds. The molecule has 1 aliphatic rings. The van der Waals surface area contributed by atoms with Crippen molar-refractivity contribution in [3.05, 3.63) is 77.9 Å². The van der Waals surface area contributed by atoms with Crippen molar-refractivity contribution < 1.29 is 37.3 Å². The van der Waals surface area contributed by atoms with Crippen molar-refractivity contribution in [1.82, 2.24) is 9.80 Å². The highest BCUT2D eigenvalue weighted by molar-refractivity contribution is 7.92. The van der Waals surface area contributed by atoms with Gasteiger partial charge in [-0.2, -0.15) is 0 Å². The monoisotopic (exact) mass is 697 g/mol. The van der Waals surface area contributed by atoms with Crippen LogP contribution in [0, 0.1) is 5.92 Å². The van der Waals surface area contributed by atoms with Crippen LogP contribution in [0.3, 0.4) is 0 Å². The van der Waals surface area contributed by atoms with E-state index in [0.29, 0.717) is 37.7 Å². The van der Waals surface area contributed by atoms with Crippen LogP contribution in [-0.4, -0.2) is 95.1 Å². The second-order valence-corrected chi connectivity index (χ2v) is 14.5. The van der Waals surface area contributed by atoms with Gasteiger partial charge in [-0.15, -0.1) is 0 Å². The number of amides is 1. The average molecular weight is 698 g/mol. The lowest BCUT2D eigenvalue weighted by molar-refractivity contribution is -0.0177. The highest BCUT2D eigenvalue weighted by atomic mass is 32.2. The maximum Gasteiger partial charge on any atom is 0.261 e. The van der Waals surface area contributed by atoms with Crippen molar-refractivity contribution in [2.75, 3.05) is 52.3 Å². The molecule has 0 spiro atoms. The number of fused-ring (bicyclic) bond motifs is 1. The molecule has 2 N–H and O–H groups in total. The standard InChI is InChI=1S/C37H51N3O8S/c1-26-22-40(27(2)25-41)37(42)34-21-30(38-49(43,44)33-17-15-32(46-6)16-18-33)12-19-35(34)48-28(3)9-7-8-20-47-36(26)24-39(4)23-29-10-13-31(45-5)14-11-29/h10-19,21,26-28,36,38,41H,7-9,20,22-25H2,1-6H3/t26-,27-,28+,36-/m1/s1. The van der Waals surface area contributed by atoms with Gasteiger partial charge >= 0.3 is 0 Å². The molecule has 0 saturated heterocycles. The zero-order chi connectivity index (χ0) is 35.6. The number of benzene rings is 3. The summed E-state index contributed by atoms with van der Waals surface area (Å²) in [7, 11) is 1.24. The second-order valence-electron chi connectivity index (χ2n) is 12.8. The third-order valence-corrected chi connectivity index (χ3v) is 10.2. The molecule has 3 aromatic rings. The van der Waals surface area contributed by atoms with E-state index < -0.39 is 16.1 Å². The zero-order valence-electron chi connectivity index (χ0n) is 29.4. The largest absolute Gasteiger partial charge is 0.497 e. The topological polar surface area (TPSA) is 127 Å². The van der Waals surface area contributed by atoms with Crippen LogP contribution in [0.25, 0.3) is 0 Å². The molecule has 0 aromatic heterocycles. The van der Waals surface area contributed by atoms with Gasteiger partial charge < -0.3 is 29.0 Å². The van der Waals surface area contributed by atoms with Crippen LogP contribution in [0.4, 0.5) is 5.69 Å². The Kier molecular flexibility index (Phi) is 13.7. The Morgan fingerprint density at radius 1 is 1.00 bits per heavy atom. The molecule has 11 nitrogen and oxygen atoms in total. The van der Waals surface area contributed by atoms with Gasteiger partial charge in [0.05, 0.1) is 49.5 Å². The molecule has 268 valence electrons. The lowest BCUT2D eigenvalue weighted by Gasteiger charge is -2.36. The Bertz CT molecular complexity index is 1600. The minimum atomic E-state index is -3.97. The van der Waals surface area contributed by atoms with Crippen molar-refractivity contribution in [2.45, 2.75) is 69.7 Å². The van der Waals surface area contributed by atoms with Crippen molar-refractivity contribution in [2.24, 2.45) is 5.92 Å². The summed E-state index contributed by atoms with van der Waals surface area (Å²) in [5.74, 6) is 1.23. The van der Waals surface area contributed by atoms with Gasteiger partial charge in [0.2, 0.25) is 0 Å². The van der Waals surface area contributed by atoms with Crippen LogP contribution in [0.2, 0.25) is 0 Å². The van der Waals surface area contributed by atoms with Crippen molar-refractivity contribution in [3.8, 4) is 17.2 Å². The number of ether oxygens (including phenoxy) is 4. The Morgan fingerprint density at radius 2 is 1.65 bits per heavy atom. The van der Waals surface area contributed by atoms with Crippen LogP contribution in [0.15, 0.2) is 71.6 Å². The number of aliphatic hydroxyl groups is 1. The number of nitrogens with zero attached hydrogens (tertiary/aromatic N) is 2. The number of aliphatic hydroxyl groups excluding tert-OH is 1. The van der Waals surface area contributed by atoms with Crippen molar-refractivity contribution in [1.29, 1.82) is 0 Å². The highest BCUT2D eigenvalue weighted by Gasteiger charge is 2.31. The number of methoxy groups -OCH3 is 2. The summed E-state index contributed by atoms with van der Waals surface area (Å²) < 4.78 is 52.4. The molecular formula is C37H51N3O8S. The molecule has 0 bridgehead atoms. The predicted molar refractivity (Wildman–Crippen MR) is 190 cm³/mol. The molecule has 1 aliphatic heterocycles. The molecule has 4 atom stereocenters. The van der Waals surface area contributed by atoms with Gasteiger partial charge in [-0.25, -0.2) is 8.42 Å². The molecule has 0 saturated carbocycles. The fourth-order valence-corrected chi connectivity index (χ4v) is 6.88. The number of sulfonamides is 1. The fourth-order valence-electron chi connectivity index (χ4n) is 5.83. The summed E-state index contributed by atoms with van der Waals surface area (Å²) in [5.41, 5.74) is 1.57. The Labute approximate surface area is 291 Å². The first kappa shape index (κ1) is 38.0. The van der Waals surface area contributed by atoms with Crippen molar-refractivity contribution in [3.63, 3.8) is 0 Å². The van der Waals surface area contributed by atoms with Crippen LogP contribution >= 0.6 is 0 Å². The molecule has 0 radical (unpaired) electrons. The van der Waals surface area contributed by atoms with E-state index in [1.807, 2.05) is 31.2 Å². The van der Waals surface area contributed by atoms with Crippen molar-refractivity contribution >= 4 is 21.6 Å². The maximum atomic E-state index is 14.4. The summed E-state index contributed by atoms with van der Waals surface area (Å²) in [6.07, 6.45) is 2.08. The third-order valence-electron chi connectivity index (χ3n) is 8.78. The van der Waals surface area contributed by atoms with E-state index in [-0.39, 0.29) is 46.8 Å². The number of likely N-dealkylation sites (N-methyl/N-ethyl adjacent to an activating group) is 1. The first-order valence-electron chi connectivity index (χ1n) is 16.8. The number of hydrogen-bond acceptors (Lipinski definition) is 9. The van der Waals surface area contributed by atoms with E-state index in [2.05, 4.69) is 23.6 Å². The number of carbonyl (C=O) groups excluding carboxylic acids is 1. The van der Waals surface area contributed by atoms with E-state index >= 15 is 0 Å². The Morgan fingerprint density at radius 3 is 2.29 bits per heavy atom. The number of nitrogens with one attached hydrogen (secondary N) is 1.